The summed E-state index contributed by atoms with van der Waals surface area (Å²) in [6.45, 7) is 7.25. The Morgan fingerprint density at radius 1 is 1.36 bits per heavy atom. The predicted octanol–water partition coefficient (Wildman–Crippen LogP) is 3.71. The summed E-state index contributed by atoms with van der Waals surface area (Å²) < 4.78 is 13.0. The Morgan fingerprint density at radius 2 is 2.20 bits per heavy atom. The second-order valence-electron chi connectivity index (χ2n) is 6.68. The Kier molecular flexibility index (Phi) is 4.09. The maximum atomic E-state index is 10.5. The van der Waals surface area contributed by atoms with E-state index in [9.17, 15) is 5.11 Å². The maximum absolute atomic E-state index is 10.5. The van der Waals surface area contributed by atoms with Gasteiger partial charge in [0.25, 0.3) is 0 Å². The highest BCUT2D eigenvalue weighted by Crippen LogP contribution is 2.34. The molecular formula is C19H23N3O3. The Hall–Kier alpha value is -2.18. The number of hydrogen-bond donors (Lipinski definition) is 1. The summed E-state index contributed by atoms with van der Waals surface area (Å²) in [5.74, 6) is 1.53. The van der Waals surface area contributed by atoms with Crippen LogP contribution in [-0.2, 0) is 4.74 Å². The van der Waals surface area contributed by atoms with Gasteiger partial charge < -0.3 is 18.9 Å². The molecule has 1 fully saturated rings. The first kappa shape index (κ1) is 16.3. The summed E-state index contributed by atoms with van der Waals surface area (Å²) in [6, 6.07) is 6.43. The molecule has 0 bridgehead atoms. The van der Waals surface area contributed by atoms with Crippen LogP contribution in [-0.4, -0.2) is 33.0 Å². The number of aryl methyl sites for hydroxylation is 2. The molecule has 6 nitrogen and oxygen atoms in total. The third-order valence-corrected chi connectivity index (χ3v) is 4.99. The normalized spacial score (nSPS) is 19.0. The highest BCUT2D eigenvalue weighted by molar-refractivity contribution is 5.83. The molecule has 25 heavy (non-hydrogen) atoms. The van der Waals surface area contributed by atoms with Crippen molar-refractivity contribution >= 4 is 11.0 Å². The summed E-state index contributed by atoms with van der Waals surface area (Å²) in [6.07, 6.45) is 1.00. The van der Waals surface area contributed by atoms with E-state index in [1.807, 2.05) is 20.8 Å². The van der Waals surface area contributed by atoms with E-state index in [4.69, 9.17) is 14.2 Å². The Labute approximate surface area is 146 Å². The third kappa shape index (κ3) is 2.65. The van der Waals surface area contributed by atoms with Crippen LogP contribution in [0.2, 0.25) is 0 Å². The molecule has 0 saturated carbocycles. The topological polar surface area (TPSA) is 73.3 Å². The molecule has 0 aliphatic carbocycles. The van der Waals surface area contributed by atoms with Crippen LogP contribution >= 0.6 is 0 Å². The number of ether oxygens (including phenoxy) is 1. The highest BCUT2D eigenvalue weighted by Gasteiger charge is 2.26. The van der Waals surface area contributed by atoms with Gasteiger partial charge in [0.15, 0.2) is 0 Å². The van der Waals surface area contributed by atoms with Gasteiger partial charge in [0, 0.05) is 12.2 Å². The number of benzene rings is 1. The molecule has 1 N–H and O–H groups in total. The summed E-state index contributed by atoms with van der Waals surface area (Å²) in [5, 5.41) is 14.5. The molecule has 1 saturated heterocycles. The lowest BCUT2D eigenvalue weighted by atomic mass is 10.0. The van der Waals surface area contributed by atoms with Gasteiger partial charge in [-0.15, -0.1) is 0 Å². The summed E-state index contributed by atoms with van der Waals surface area (Å²) in [4.78, 5) is 4.76. The lowest BCUT2D eigenvalue weighted by molar-refractivity contribution is 0.152. The molecule has 2 atom stereocenters. The first-order valence-electron chi connectivity index (χ1n) is 8.81. The van der Waals surface area contributed by atoms with Crippen molar-refractivity contribution in [1.82, 2.24) is 14.7 Å². The first-order valence-corrected chi connectivity index (χ1v) is 8.81. The van der Waals surface area contributed by atoms with E-state index in [1.165, 1.54) is 0 Å². The van der Waals surface area contributed by atoms with E-state index in [0.717, 1.165) is 52.5 Å². The Balaban J connectivity index is 1.89. The number of fused-ring (bicyclic) bond motifs is 1. The van der Waals surface area contributed by atoms with Crippen molar-refractivity contribution < 1.29 is 14.4 Å². The van der Waals surface area contributed by atoms with Gasteiger partial charge in [-0.05, 0) is 44.4 Å². The van der Waals surface area contributed by atoms with Gasteiger partial charge in [0.2, 0.25) is 0 Å². The number of aliphatic hydroxyl groups is 1. The number of nitrogens with zero attached hydrogens (tertiary/aromatic N) is 3. The van der Waals surface area contributed by atoms with Crippen molar-refractivity contribution in [2.45, 2.75) is 45.8 Å². The minimum absolute atomic E-state index is 0.228. The zero-order valence-electron chi connectivity index (χ0n) is 14.8. The van der Waals surface area contributed by atoms with Gasteiger partial charge in [-0.2, -0.15) is 0 Å². The minimum Gasteiger partial charge on any atom is -0.385 e. The largest absolute Gasteiger partial charge is 0.385 e. The van der Waals surface area contributed by atoms with Crippen LogP contribution in [0.25, 0.3) is 22.2 Å². The zero-order chi connectivity index (χ0) is 17.6. The molecular weight excluding hydrogens is 318 g/mol. The van der Waals surface area contributed by atoms with Crippen molar-refractivity contribution in [3.63, 3.8) is 0 Å². The molecule has 1 aliphatic rings. The average molecular weight is 341 g/mol. The average Bonchev–Trinajstić information content (AvgIpc) is 3.32. The van der Waals surface area contributed by atoms with Crippen molar-refractivity contribution in [1.29, 1.82) is 0 Å². The van der Waals surface area contributed by atoms with Gasteiger partial charge in [0.05, 0.1) is 29.4 Å². The molecule has 1 unspecified atom stereocenters. The quantitative estimate of drug-likeness (QED) is 0.783. The lowest BCUT2D eigenvalue weighted by Crippen LogP contribution is -2.15. The fourth-order valence-corrected chi connectivity index (χ4v) is 3.70. The monoisotopic (exact) mass is 341 g/mol. The number of hydrogen-bond acceptors (Lipinski definition) is 5. The summed E-state index contributed by atoms with van der Waals surface area (Å²) in [7, 11) is 0. The number of imidazole rings is 1. The van der Waals surface area contributed by atoms with Crippen molar-refractivity contribution in [3.8, 4) is 11.1 Å². The zero-order valence-corrected chi connectivity index (χ0v) is 14.8. The fraction of sp³-hybridized carbons (Fsp3) is 0.474. The minimum atomic E-state index is -0.574. The van der Waals surface area contributed by atoms with E-state index in [2.05, 4.69) is 27.9 Å². The summed E-state index contributed by atoms with van der Waals surface area (Å²) in [5.41, 5.74) is 4.83. The number of aromatic nitrogens is 3. The second kappa shape index (κ2) is 6.28. The van der Waals surface area contributed by atoms with Crippen LogP contribution in [0.1, 0.15) is 49.2 Å². The molecule has 132 valence electrons. The number of aliphatic hydroxyl groups excluding tert-OH is 1. The SMILES string of the molecule is CCC(O)c1nc2cc(-c3c(C)noc3C)ccc2n1[C@@H]1CCOC1. The van der Waals surface area contributed by atoms with Crippen LogP contribution in [0.15, 0.2) is 22.7 Å². The molecule has 1 aliphatic heterocycles. The second-order valence-corrected chi connectivity index (χ2v) is 6.68. The van der Waals surface area contributed by atoms with Crippen LogP contribution in [0.4, 0.5) is 0 Å². The molecule has 4 rings (SSSR count). The smallest absolute Gasteiger partial charge is 0.141 e. The Morgan fingerprint density at radius 3 is 2.84 bits per heavy atom. The van der Waals surface area contributed by atoms with Gasteiger partial charge in [-0.25, -0.2) is 4.98 Å². The van der Waals surface area contributed by atoms with Crippen LogP contribution in [0.3, 0.4) is 0 Å². The van der Waals surface area contributed by atoms with Gasteiger partial charge in [-0.1, -0.05) is 18.1 Å². The van der Waals surface area contributed by atoms with Crippen LogP contribution < -0.4 is 0 Å². The van der Waals surface area contributed by atoms with Crippen molar-refractivity contribution in [2.24, 2.45) is 0 Å². The molecule has 2 aromatic heterocycles. The highest BCUT2D eigenvalue weighted by atomic mass is 16.5. The van der Waals surface area contributed by atoms with Gasteiger partial charge >= 0.3 is 0 Å². The van der Waals surface area contributed by atoms with E-state index in [-0.39, 0.29) is 6.04 Å². The van der Waals surface area contributed by atoms with Gasteiger partial charge in [-0.3, -0.25) is 0 Å². The standard InChI is InChI=1S/C19H23N3O3/c1-4-17(23)19-20-15-9-13(18-11(2)21-25-12(18)3)5-6-16(15)22(19)14-7-8-24-10-14/h5-6,9,14,17,23H,4,7-8,10H2,1-3H3/t14-,17?/m1/s1. The van der Waals surface area contributed by atoms with Crippen LogP contribution in [0.5, 0.6) is 0 Å². The molecule has 0 radical (unpaired) electrons. The first-order chi connectivity index (χ1) is 12.1. The van der Waals surface area contributed by atoms with E-state index in [1.54, 1.807) is 0 Å². The van der Waals surface area contributed by atoms with E-state index in [0.29, 0.717) is 13.0 Å². The van der Waals surface area contributed by atoms with E-state index < -0.39 is 6.10 Å². The van der Waals surface area contributed by atoms with Crippen molar-refractivity contribution in [2.75, 3.05) is 13.2 Å². The maximum Gasteiger partial charge on any atom is 0.141 e. The molecule has 3 heterocycles. The fourth-order valence-electron chi connectivity index (χ4n) is 3.70. The molecule has 1 aromatic carbocycles. The van der Waals surface area contributed by atoms with Crippen molar-refractivity contribution in [3.05, 3.63) is 35.5 Å². The molecule has 3 aromatic rings. The van der Waals surface area contributed by atoms with E-state index >= 15 is 0 Å². The molecule has 0 spiro atoms. The Bertz CT molecular complexity index is 887. The lowest BCUT2D eigenvalue weighted by Gasteiger charge is -2.17. The predicted molar refractivity (Wildman–Crippen MR) is 94.4 cm³/mol. The number of rotatable bonds is 4. The summed E-state index contributed by atoms with van der Waals surface area (Å²) >= 11 is 0. The van der Waals surface area contributed by atoms with Crippen LogP contribution in [0, 0.1) is 13.8 Å². The van der Waals surface area contributed by atoms with Gasteiger partial charge in [0.1, 0.15) is 17.7 Å². The molecule has 0 amide bonds. The third-order valence-electron chi connectivity index (χ3n) is 4.99. The molecule has 6 heteroatoms.